The summed E-state index contributed by atoms with van der Waals surface area (Å²) in [6, 6.07) is 1.25. The molecule has 5 aliphatic rings. The normalized spacial score (nSPS) is 31.1. The van der Waals surface area contributed by atoms with Crippen LogP contribution in [0, 0.1) is 5.92 Å². The molecule has 4 amide bonds. The molecule has 55 heavy (non-hydrogen) atoms. The Bertz CT molecular complexity index is 2090. The number of benzene rings is 1. The minimum Gasteiger partial charge on any atom is -0.497 e. The first-order valence-corrected chi connectivity index (χ1v) is 19.6. The van der Waals surface area contributed by atoms with Crippen molar-refractivity contribution in [3.8, 4) is 11.5 Å². The number of aliphatic hydroxyl groups is 1. The van der Waals surface area contributed by atoms with Gasteiger partial charge in [-0.1, -0.05) is 25.0 Å². The van der Waals surface area contributed by atoms with E-state index >= 15 is 0 Å². The number of pyridine rings is 1. The summed E-state index contributed by atoms with van der Waals surface area (Å²) >= 11 is 0. The van der Waals surface area contributed by atoms with E-state index in [-0.39, 0.29) is 41.5 Å². The van der Waals surface area contributed by atoms with E-state index in [1.165, 1.54) is 32.2 Å². The van der Waals surface area contributed by atoms with Crippen LogP contribution in [-0.2, 0) is 30.6 Å². The number of halogens is 3. The summed E-state index contributed by atoms with van der Waals surface area (Å²) in [6.45, 7) is 0.958. The van der Waals surface area contributed by atoms with E-state index in [4.69, 9.17) is 9.47 Å². The van der Waals surface area contributed by atoms with Gasteiger partial charge in [0.25, 0.3) is 5.91 Å². The van der Waals surface area contributed by atoms with Crippen molar-refractivity contribution in [2.24, 2.45) is 5.92 Å². The minimum absolute atomic E-state index is 0.0298. The second kappa shape index (κ2) is 13.5. The number of nitrogens with one attached hydrogen (secondary N) is 3. The Morgan fingerprint density at radius 3 is 2.55 bits per heavy atom. The van der Waals surface area contributed by atoms with Crippen LogP contribution in [0.3, 0.4) is 0 Å². The number of carboxylic acid groups (broad SMARTS) is 1. The predicted molar refractivity (Wildman–Crippen MR) is 187 cm³/mol. The van der Waals surface area contributed by atoms with Gasteiger partial charge in [0.1, 0.15) is 29.0 Å². The van der Waals surface area contributed by atoms with Gasteiger partial charge in [-0.15, -0.1) is 0 Å². The van der Waals surface area contributed by atoms with Crippen LogP contribution in [0.25, 0.3) is 10.9 Å². The van der Waals surface area contributed by atoms with E-state index in [9.17, 15) is 51.0 Å². The fourth-order valence-electron chi connectivity index (χ4n) is 8.07. The molecule has 4 heterocycles. The van der Waals surface area contributed by atoms with Crippen molar-refractivity contribution < 1.29 is 60.5 Å². The Morgan fingerprint density at radius 2 is 1.87 bits per heavy atom. The van der Waals surface area contributed by atoms with E-state index in [0.717, 1.165) is 4.90 Å². The molecule has 1 aromatic carbocycles. The summed E-state index contributed by atoms with van der Waals surface area (Å²) in [5.74, 6) is -3.88. The van der Waals surface area contributed by atoms with Gasteiger partial charge >= 0.3 is 12.3 Å². The molecule has 1 aromatic heterocycles. The second-order valence-corrected chi connectivity index (χ2v) is 17.7. The van der Waals surface area contributed by atoms with Crippen molar-refractivity contribution in [2.75, 3.05) is 13.7 Å². The van der Waals surface area contributed by atoms with Crippen LogP contribution < -0.4 is 24.8 Å². The first-order chi connectivity index (χ1) is 25.8. The predicted octanol–water partition coefficient (Wildman–Crippen LogP) is 3.45. The number of rotatable bonds is 5. The average molecular weight is 794 g/mol. The zero-order chi connectivity index (χ0) is 39.7. The second-order valence-electron chi connectivity index (χ2n) is 15.5. The topological polar surface area (TPSA) is 214 Å². The van der Waals surface area contributed by atoms with E-state index in [1.54, 1.807) is 6.08 Å². The summed E-state index contributed by atoms with van der Waals surface area (Å²) < 4.78 is 82.6. The van der Waals surface area contributed by atoms with Crippen LogP contribution in [0.4, 0.5) is 18.0 Å². The number of nitrogens with zero attached hydrogens (tertiary/aromatic N) is 2. The highest BCUT2D eigenvalue weighted by atomic mass is 32.2. The maximum atomic E-state index is 14.6. The van der Waals surface area contributed by atoms with Crippen LogP contribution in [0.2, 0.25) is 0 Å². The van der Waals surface area contributed by atoms with E-state index in [2.05, 4.69) is 20.3 Å². The van der Waals surface area contributed by atoms with Crippen molar-refractivity contribution in [3.05, 3.63) is 41.6 Å². The number of methoxy groups -OCH3 is 1. The molecule has 3 fully saturated rings. The van der Waals surface area contributed by atoms with E-state index < -0.39 is 104 Å². The fourth-order valence-corrected chi connectivity index (χ4v) is 9.38. The van der Waals surface area contributed by atoms with Crippen molar-refractivity contribution in [1.29, 1.82) is 0 Å². The smallest absolute Gasteiger partial charge is 0.437 e. The summed E-state index contributed by atoms with van der Waals surface area (Å²) in [5.41, 5.74) is -5.28. The number of allylic oxidation sites excluding steroid dienone is 1. The molecular formula is C36H42F3N5O10S. The standard InChI is InChI=1S/C36H42F3N5O10S/c1-33(12-13-33)55(51,52)43-31(48)35-15-19(35)8-6-4-3-5-7-9-23(41-32(49)50)30(47)44-18-34(16-24(44)29(46)42-35)17-25(45)26-21-14-20(53-2)10-11-22(21)40-28(27(26)54-34)36(37,38)39/h6,8,10-11,14,19,23-25,41,45H,3-5,7,9,12-13,15-18H2,1-2H3,(H,42,46)(H,43,48)(H,49,50)/b8-6-/t19-,23+,24+,25+,34+,35-/m1/s1. The number of aromatic nitrogens is 1. The third kappa shape index (κ3) is 7.04. The summed E-state index contributed by atoms with van der Waals surface area (Å²) in [7, 11) is -2.76. The summed E-state index contributed by atoms with van der Waals surface area (Å²) in [6.07, 6.45) is -2.54. The van der Waals surface area contributed by atoms with Gasteiger partial charge in [0, 0.05) is 29.7 Å². The van der Waals surface area contributed by atoms with Crippen LogP contribution in [0.1, 0.15) is 88.5 Å². The number of ether oxygens (including phenoxy) is 2. The van der Waals surface area contributed by atoms with Gasteiger partial charge in [-0.2, -0.15) is 13.2 Å². The summed E-state index contributed by atoms with van der Waals surface area (Å²) in [4.78, 5) is 59.3. The first-order valence-electron chi connectivity index (χ1n) is 18.1. The number of alkyl halides is 3. The zero-order valence-electron chi connectivity index (χ0n) is 30.1. The molecule has 1 saturated heterocycles. The molecule has 2 saturated carbocycles. The lowest BCUT2D eigenvalue weighted by atomic mass is 9.85. The van der Waals surface area contributed by atoms with Crippen molar-refractivity contribution in [2.45, 2.75) is 111 Å². The molecule has 2 aliphatic carbocycles. The number of amides is 4. The summed E-state index contributed by atoms with van der Waals surface area (Å²) in [5, 5.41) is 26.3. The van der Waals surface area contributed by atoms with E-state index in [1.807, 2.05) is 6.08 Å². The van der Waals surface area contributed by atoms with Crippen LogP contribution >= 0.6 is 0 Å². The highest BCUT2D eigenvalue weighted by Crippen LogP contribution is 2.53. The molecule has 0 unspecified atom stereocenters. The Balaban J connectivity index is 1.29. The molecule has 5 N–H and O–H groups in total. The SMILES string of the molecule is COc1ccc2nc(C(F)(F)F)c3c(c2c1)[C@@H](O)C[C@]1(C[C@H]2C(=O)N[C@]4(C(=O)NS(=O)(=O)C5(C)CC5)C[C@H]4/C=C\CCCCC[C@H](NC(=O)O)C(=O)N2C1)O3. The monoisotopic (exact) mass is 793 g/mol. The number of fused-ring (bicyclic) bond motifs is 5. The number of carbonyl (C=O) groups is 4. The largest absolute Gasteiger partial charge is 0.497 e. The van der Waals surface area contributed by atoms with Crippen molar-refractivity contribution in [3.63, 3.8) is 0 Å². The molecule has 1 spiro atoms. The van der Waals surface area contributed by atoms with Gasteiger partial charge in [-0.05, 0) is 63.6 Å². The Morgan fingerprint density at radius 1 is 1.13 bits per heavy atom. The third-order valence-electron chi connectivity index (χ3n) is 11.6. The molecule has 0 bridgehead atoms. The number of carbonyl (C=O) groups excluding carboxylic acids is 3. The fraction of sp³-hybridized carbons (Fsp3) is 0.583. The maximum Gasteiger partial charge on any atom is 0.437 e. The quantitative estimate of drug-likeness (QED) is 0.277. The third-order valence-corrected chi connectivity index (χ3v) is 13.7. The van der Waals surface area contributed by atoms with Crippen LogP contribution in [0.15, 0.2) is 30.4 Å². The Labute approximate surface area is 314 Å². The molecule has 2 aromatic rings. The molecule has 19 heteroatoms. The van der Waals surface area contributed by atoms with Crippen molar-refractivity contribution in [1.82, 2.24) is 25.2 Å². The van der Waals surface area contributed by atoms with Gasteiger partial charge in [0.2, 0.25) is 21.8 Å². The number of aliphatic hydroxyl groups excluding tert-OH is 1. The lowest BCUT2D eigenvalue weighted by Gasteiger charge is -2.39. The first kappa shape index (κ1) is 38.6. The average Bonchev–Trinajstić information content (AvgIpc) is 4.00. The molecule has 15 nitrogen and oxygen atoms in total. The van der Waals surface area contributed by atoms with Gasteiger partial charge in [0.15, 0.2) is 11.4 Å². The van der Waals surface area contributed by atoms with Crippen molar-refractivity contribution >= 4 is 44.7 Å². The highest BCUT2D eigenvalue weighted by molar-refractivity contribution is 7.91. The number of sulfonamides is 1. The van der Waals surface area contributed by atoms with Crippen LogP contribution in [-0.4, -0.2) is 94.0 Å². The molecule has 7 rings (SSSR count). The zero-order valence-corrected chi connectivity index (χ0v) is 30.9. The van der Waals surface area contributed by atoms with Gasteiger partial charge < -0.3 is 35.2 Å². The number of hydrogen-bond acceptors (Lipinski definition) is 10. The van der Waals surface area contributed by atoms with Gasteiger partial charge in [0.05, 0.1) is 30.0 Å². The Kier molecular flexibility index (Phi) is 9.50. The lowest BCUT2D eigenvalue weighted by molar-refractivity contribution is -0.145. The lowest BCUT2D eigenvalue weighted by Crippen LogP contribution is -2.58. The molecular weight excluding hydrogens is 751 g/mol. The highest BCUT2D eigenvalue weighted by Gasteiger charge is 2.64. The molecule has 3 aliphatic heterocycles. The molecule has 298 valence electrons. The van der Waals surface area contributed by atoms with Gasteiger partial charge in [-0.3, -0.25) is 19.1 Å². The molecule has 0 radical (unpaired) electrons. The Hall–Kier alpha value is -4.65. The maximum absolute atomic E-state index is 14.6. The van der Waals surface area contributed by atoms with Gasteiger partial charge in [-0.25, -0.2) is 18.2 Å². The van der Waals surface area contributed by atoms with Crippen LogP contribution in [0.5, 0.6) is 11.5 Å². The molecule has 6 atom stereocenters. The number of hydrogen-bond donors (Lipinski definition) is 5. The minimum atomic E-state index is -5.06. The van der Waals surface area contributed by atoms with E-state index in [0.29, 0.717) is 38.5 Å².